The van der Waals surface area contributed by atoms with Gasteiger partial charge in [0.25, 0.3) is 0 Å². The van der Waals surface area contributed by atoms with Gasteiger partial charge in [0.05, 0.1) is 18.8 Å². The highest BCUT2D eigenvalue weighted by Crippen LogP contribution is 2.24. The molecule has 0 spiro atoms. The molecule has 1 aliphatic rings. The molecular weight excluding hydrogens is 422 g/mol. The number of aryl methyl sites for hydroxylation is 1. The molecule has 1 aliphatic heterocycles. The molecule has 1 amide bonds. The van der Waals surface area contributed by atoms with E-state index in [2.05, 4.69) is 29.3 Å². The quantitative estimate of drug-likeness (QED) is 0.653. The normalized spacial score (nSPS) is 16.2. The number of carbonyl (C=O) groups is 1. The fourth-order valence-electron chi connectivity index (χ4n) is 3.96. The lowest BCUT2D eigenvalue weighted by Gasteiger charge is -2.32. The lowest BCUT2D eigenvalue weighted by Crippen LogP contribution is -2.40. The summed E-state index contributed by atoms with van der Waals surface area (Å²) in [4.78, 5) is 15.1. The molecule has 174 valence electrons. The molecule has 3 rings (SSSR count). The van der Waals surface area contributed by atoms with Gasteiger partial charge in [0, 0.05) is 25.3 Å². The Bertz CT molecular complexity index is 996. The van der Waals surface area contributed by atoms with E-state index in [1.807, 2.05) is 50.2 Å². The van der Waals surface area contributed by atoms with Crippen LogP contribution in [0.2, 0.25) is 0 Å². The third-order valence-corrected chi connectivity index (χ3v) is 7.38. The van der Waals surface area contributed by atoms with Gasteiger partial charge in [0.1, 0.15) is 0 Å². The van der Waals surface area contributed by atoms with Crippen molar-refractivity contribution in [2.45, 2.75) is 46.2 Å². The minimum absolute atomic E-state index is 0.171. The second kappa shape index (κ2) is 10.5. The highest BCUT2D eigenvalue weighted by Gasteiger charge is 2.22. The van der Waals surface area contributed by atoms with Crippen molar-refractivity contribution in [3.63, 3.8) is 0 Å². The van der Waals surface area contributed by atoms with Crippen LogP contribution in [0.1, 0.15) is 49.4 Å². The summed E-state index contributed by atoms with van der Waals surface area (Å²) in [5.74, 6) is 0.474. The lowest BCUT2D eigenvalue weighted by atomic mass is 9.98. The van der Waals surface area contributed by atoms with Crippen molar-refractivity contribution in [2.75, 3.05) is 30.8 Å². The van der Waals surface area contributed by atoms with Crippen molar-refractivity contribution in [3.8, 4) is 0 Å². The molecule has 0 aliphatic carbocycles. The molecule has 1 N–H and O–H groups in total. The second-order valence-corrected chi connectivity index (χ2v) is 11.0. The number of hydrogen-bond acceptors (Lipinski definition) is 4. The summed E-state index contributed by atoms with van der Waals surface area (Å²) in [6.07, 6.45) is 3.57. The smallest absolute Gasteiger partial charge is 0.235 e. The number of carbonyl (C=O) groups excluding carboxylic acids is 1. The Labute approximate surface area is 192 Å². The molecule has 7 heteroatoms. The summed E-state index contributed by atoms with van der Waals surface area (Å²) in [5, 5.41) is 2.94. The van der Waals surface area contributed by atoms with Crippen molar-refractivity contribution in [1.29, 1.82) is 0 Å². The number of hydrogen-bond donors (Lipinski definition) is 1. The van der Waals surface area contributed by atoms with E-state index in [0.717, 1.165) is 42.0 Å². The van der Waals surface area contributed by atoms with Gasteiger partial charge in [-0.15, -0.1) is 0 Å². The van der Waals surface area contributed by atoms with Crippen LogP contribution < -0.4 is 10.2 Å². The molecule has 0 aromatic heterocycles. The maximum absolute atomic E-state index is 12.6. The Balaban J connectivity index is 1.59. The largest absolute Gasteiger partial charge is 0.372 e. The van der Waals surface area contributed by atoms with E-state index in [1.54, 1.807) is 0 Å². The van der Waals surface area contributed by atoms with Crippen molar-refractivity contribution in [3.05, 3.63) is 65.2 Å². The minimum Gasteiger partial charge on any atom is -0.372 e. The number of nitrogens with zero attached hydrogens (tertiary/aromatic N) is 2. The first kappa shape index (κ1) is 24.3. The van der Waals surface area contributed by atoms with Crippen LogP contribution in [0.4, 0.5) is 5.69 Å². The van der Waals surface area contributed by atoms with Crippen molar-refractivity contribution < 1.29 is 13.2 Å². The maximum Gasteiger partial charge on any atom is 0.235 e. The van der Waals surface area contributed by atoms with Crippen molar-refractivity contribution in [2.24, 2.45) is 5.92 Å². The van der Waals surface area contributed by atoms with Gasteiger partial charge in [-0.3, -0.25) is 4.79 Å². The van der Waals surface area contributed by atoms with Gasteiger partial charge in [-0.05, 0) is 55.9 Å². The Hall–Kier alpha value is -2.38. The van der Waals surface area contributed by atoms with E-state index in [9.17, 15) is 13.2 Å². The lowest BCUT2D eigenvalue weighted by molar-refractivity contribution is -0.122. The highest BCUT2D eigenvalue weighted by molar-refractivity contribution is 7.88. The fourth-order valence-corrected chi connectivity index (χ4v) is 4.69. The van der Waals surface area contributed by atoms with E-state index in [4.69, 9.17) is 0 Å². The van der Waals surface area contributed by atoms with Crippen LogP contribution in [0.5, 0.6) is 0 Å². The molecule has 1 saturated heterocycles. The Morgan fingerprint density at radius 3 is 2.25 bits per heavy atom. The summed E-state index contributed by atoms with van der Waals surface area (Å²) < 4.78 is 25.7. The summed E-state index contributed by atoms with van der Waals surface area (Å²) in [6.45, 7) is 8.32. The number of nitrogens with one attached hydrogen (secondary N) is 1. The first-order valence-electron chi connectivity index (χ1n) is 11.3. The predicted octanol–water partition coefficient (Wildman–Crippen LogP) is 3.87. The third kappa shape index (κ3) is 6.81. The second-order valence-electron chi connectivity index (χ2n) is 9.07. The number of sulfonamides is 1. The average molecular weight is 458 g/mol. The van der Waals surface area contributed by atoms with E-state index < -0.39 is 10.0 Å². The Morgan fingerprint density at radius 1 is 1.09 bits per heavy atom. The summed E-state index contributed by atoms with van der Waals surface area (Å²) in [7, 11) is -3.52. The monoisotopic (exact) mass is 457 g/mol. The standard InChI is InChI=1S/C25H35N3O3S/c1-19-5-7-22(8-6-19)17-28(32(4,30)31)18-25(29)26-21(3)23-9-11-24(12-10-23)27-15-13-20(2)14-16-27/h5-12,20-21H,13-18H2,1-4H3,(H,26,29)/t21-/m0/s1. The van der Waals surface area contributed by atoms with Gasteiger partial charge in [0.15, 0.2) is 0 Å². The first-order chi connectivity index (χ1) is 15.1. The zero-order chi connectivity index (χ0) is 23.3. The molecule has 32 heavy (non-hydrogen) atoms. The van der Waals surface area contributed by atoms with Crippen LogP contribution in [-0.4, -0.2) is 44.5 Å². The summed E-state index contributed by atoms with van der Waals surface area (Å²) in [5.41, 5.74) is 4.16. The molecule has 1 atom stereocenters. The number of amides is 1. The van der Waals surface area contributed by atoms with Crippen LogP contribution in [0, 0.1) is 12.8 Å². The summed E-state index contributed by atoms with van der Waals surface area (Å²) in [6, 6.07) is 15.7. The summed E-state index contributed by atoms with van der Waals surface area (Å²) >= 11 is 0. The predicted molar refractivity (Wildman–Crippen MR) is 130 cm³/mol. The molecule has 0 saturated carbocycles. The highest BCUT2D eigenvalue weighted by atomic mass is 32.2. The SMILES string of the molecule is Cc1ccc(CN(CC(=O)N[C@@H](C)c2ccc(N3CCC(C)CC3)cc2)S(C)(=O)=O)cc1. The van der Waals surface area contributed by atoms with Gasteiger partial charge >= 0.3 is 0 Å². The average Bonchev–Trinajstić information content (AvgIpc) is 2.75. The van der Waals surface area contributed by atoms with Gasteiger partial charge in [-0.25, -0.2) is 8.42 Å². The van der Waals surface area contributed by atoms with Crippen LogP contribution in [0.3, 0.4) is 0 Å². The number of rotatable bonds is 8. The molecular formula is C25H35N3O3S. The molecule has 0 radical (unpaired) electrons. The molecule has 2 aromatic carbocycles. The van der Waals surface area contributed by atoms with E-state index in [1.165, 1.54) is 22.8 Å². The molecule has 0 unspecified atom stereocenters. The molecule has 0 bridgehead atoms. The third-order valence-electron chi connectivity index (χ3n) is 6.19. The van der Waals surface area contributed by atoms with Crippen LogP contribution >= 0.6 is 0 Å². The molecule has 2 aromatic rings. The van der Waals surface area contributed by atoms with E-state index in [-0.39, 0.29) is 25.0 Å². The van der Waals surface area contributed by atoms with Crippen molar-refractivity contribution >= 4 is 21.6 Å². The van der Waals surface area contributed by atoms with Gasteiger partial charge in [-0.1, -0.05) is 48.9 Å². The Kier molecular flexibility index (Phi) is 7.96. The fraction of sp³-hybridized carbons (Fsp3) is 0.480. The zero-order valence-corrected chi connectivity index (χ0v) is 20.4. The minimum atomic E-state index is -3.52. The zero-order valence-electron chi connectivity index (χ0n) is 19.5. The topological polar surface area (TPSA) is 69.7 Å². The van der Waals surface area contributed by atoms with Crippen molar-refractivity contribution in [1.82, 2.24) is 9.62 Å². The number of benzene rings is 2. The van der Waals surface area contributed by atoms with Gasteiger partial charge in [-0.2, -0.15) is 4.31 Å². The first-order valence-corrected chi connectivity index (χ1v) is 13.1. The maximum atomic E-state index is 12.6. The van der Waals surface area contributed by atoms with E-state index >= 15 is 0 Å². The van der Waals surface area contributed by atoms with Crippen LogP contribution in [-0.2, 0) is 21.4 Å². The molecule has 1 fully saturated rings. The van der Waals surface area contributed by atoms with Gasteiger partial charge in [0.2, 0.25) is 15.9 Å². The van der Waals surface area contributed by atoms with Crippen LogP contribution in [0.25, 0.3) is 0 Å². The van der Waals surface area contributed by atoms with Gasteiger partial charge < -0.3 is 10.2 Å². The number of anilines is 1. The number of piperidine rings is 1. The molecule has 1 heterocycles. The Morgan fingerprint density at radius 2 is 1.69 bits per heavy atom. The van der Waals surface area contributed by atoms with E-state index in [0.29, 0.717) is 0 Å². The molecule has 6 nitrogen and oxygen atoms in total. The van der Waals surface area contributed by atoms with Crippen LogP contribution in [0.15, 0.2) is 48.5 Å².